The zero-order chi connectivity index (χ0) is 19.1. The predicted molar refractivity (Wildman–Crippen MR) is 103 cm³/mol. The van der Waals surface area contributed by atoms with Crippen molar-refractivity contribution in [2.75, 3.05) is 20.8 Å². The second kappa shape index (κ2) is 8.80. The van der Waals surface area contributed by atoms with E-state index in [1.165, 1.54) is 0 Å². The lowest BCUT2D eigenvalue weighted by Gasteiger charge is -2.10. The molecule has 3 rings (SSSR count). The largest absolute Gasteiger partial charge is 0.493 e. The second-order valence-corrected chi connectivity index (χ2v) is 5.87. The molecule has 6 heteroatoms. The molecule has 1 N–H and O–H groups in total. The number of carbonyl (C=O) groups excluding carboxylic acids is 1. The van der Waals surface area contributed by atoms with Gasteiger partial charge < -0.3 is 14.8 Å². The van der Waals surface area contributed by atoms with Gasteiger partial charge in [0.25, 0.3) is 5.91 Å². The highest BCUT2D eigenvalue weighted by atomic mass is 16.5. The molecule has 1 amide bonds. The van der Waals surface area contributed by atoms with E-state index in [-0.39, 0.29) is 5.91 Å². The Morgan fingerprint density at radius 1 is 0.926 bits per heavy atom. The van der Waals surface area contributed by atoms with Crippen LogP contribution in [-0.2, 0) is 6.42 Å². The van der Waals surface area contributed by atoms with Gasteiger partial charge >= 0.3 is 0 Å². The molecule has 0 bridgehead atoms. The smallest absolute Gasteiger partial charge is 0.271 e. The van der Waals surface area contributed by atoms with Crippen molar-refractivity contribution in [3.63, 3.8) is 0 Å². The van der Waals surface area contributed by atoms with Crippen LogP contribution in [0.5, 0.6) is 11.5 Å². The molecule has 138 valence electrons. The number of ether oxygens (including phenoxy) is 2. The van der Waals surface area contributed by atoms with Gasteiger partial charge in [0.15, 0.2) is 17.2 Å². The lowest BCUT2D eigenvalue weighted by atomic mass is 10.1. The van der Waals surface area contributed by atoms with Gasteiger partial charge in [-0.15, -0.1) is 10.2 Å². The minimum atomic E-state index is -0.248. The third-order valence-electron chi connectivity index (χ3n) is 4.11. The van der Waals surface area contributed by atoms with Crippen LogP contribution in [0, 0.1) is 0 Å². The standard InChI is InChI=1S/C21H21N3O3/c1-26-19-11-8-15(14-20(19)27-2)12-13-22-21(25)18-10-9-17(23-24-18)16-6-4-3-5-7-16/h3-11,14H,12-13H2,1-2H3,(H,22,25). The molecule has 0 saturated heterocycles. The predicted octanol–water partition coefficient (Wildman–Crippen LogP) is 3.13. The maximum atomic E-state index is 12.2. The number of aromatic nitrogens is 2. The van der Waals surface area contributed by atoms with Crippen LogP contribution in [-0.4, -0.2) is 36.9 Å². The van der Waals surface area contributed by atoms with E-state index in [0.717, 1.165) is 16.8 Å². The van der Waals surface area contributed by atoms with Crippen LogP contribution in [0.3, 0.4) is 0 Å². The first-order valence-corrected chi connectivity index (χ1v) is 8.59. The summed E-state index contributed by atoms with van der Waals surface area (Å²) in [4.78, 5) is 12.2. The minimum Gasteiger partial charge on any atom is -0.493 e. The first-order chi connectivity index (χ1) is 13.2. The van der Waals surface area contributed by atoms with Crippen LogP contribution < -0.4 is 14.8 Å². The minimum absolute atomic E-state index is 0.248. The van der Waals surface area contributed by atoms with Gasteiger partial charge in [-0.1, -0.05) is 36.4 Å². The summed E-state index contributed by atoms with van der Waals surface area (Å²) in [6.45, 7) is 0.483. The van der Waals surface area contributed by atoms with E-state index >= 15 is 0 Å². The lowest BCUT2D eigenvalue weighted by molar-refractivity contribution is 0.0948. The molecule has 1 heterocycles. The molecule has 1 aromatic heterocycles. The molecule has 0 saturated carbocycles. The Balaban J connectivity index is 1.56. The summed E-state index contributed by atoms with van der Waals surface area (Å²) in [6, 6.07) is 18.9. The molecule has 0 spiro atoms. The summed E-state index contributed by atoms with van der Waals surface area (Å²) in [6.07, 6.45) is 0.668. The number of benzene rings is 2. The monoisotopic (exact) mass is 363 g/mol. The summed E-state index contributed by atoms with van der Waals surface area (Å²) in [7, 11) is 3.20. The van der Waals surface area contributed by atoms with Crippen LogP contribution in [0.2, 0.25) is 0 Å². The summed E-state index contributed by atoms with van der Waals surface area (Å²) in [5.74, 6) is 1.10. The van der Waals surface area contributed by atoms with Crippen molar-refractivity contribution in [1.29, 1.82) is 0 Å². The van der Waals surface area contributed by atoms with Crippen LogP contribution in [0.4, 0.5) is 0 Å². The Bertz CT molecular complexity index is 896. The fraction of sp³-hybridized carbons (Fsp3) is 0.190. The molecule has 0 fully saturated rings. The van der Waals surface area contributed by atoms with Gasteiger partial charge in [0.1, 0.15) is 0 Å². The van der Waals surface area contributed by atoms with Crippen molar-refractivity contribution < 1.29 is 14.3 Å². The zero-order valence-electron chi connectivity index (χ0n) is 15.3. The molecule has 0 unspecified atom stereocenters. The molecule has 6 nitrogen and oxygen atoms in total. The molecule has 0 radical (unpaired) electrons. The van der Waals surface area contributed by atoms with E-state index in [2.05, 4.69) is 15.5 Å². The first-order valence-electron chi connectivity index (χ1n) is 8.59. The third kappa shape index (κ3) is 4.61. The average molecular weight is 363 g/mol. The van der Waals surface area contributed by atoms with E-state index in [9.17, 15) is 4.79 Å². The number of rotatable bonds is 7. The van der Waals surface area contributed by atoms with Crippen molar-refractivity contribution in [2.24, 2.45) is 0 Å². The normalized spacial score (nSPS) is 10.3. The molecule has 0 atom stereocenters. The van der Waals surface area contributed by atoms with Gasteiger partial charge in [0.05, 0.1) is 19.9 Å². The van der Waals surface area contributed by atoms with Crippen LogP contribution >= 0.6 is 0 Å². The maximum Gasteiger partial charge on any atom is 0.271 e. The summed E-state index contributed by atoms with van der Waals surface area (Å²) >= 11 is 0. The van der Waals surface area contributed by atoms with Gasteiger partial charge in [-0.2, -0.15) is 0 Å². The van der Waals surface area contributed by atoms with Crippen LogP contribution in [0.1, 0.15) is 16.1 Å². The zero-order valence-corrected chi connectivity index (χ0v) is 15.3. The number of methoxy groups -OCH3 is 2. The molecular weight excluding hydrogens is 342 g/mol. The fourth-order valence-electron chi connectivity index (χ4n) is 2.66. The van der Waals surface area contributed by atoms with Crippen molar-refractivity contribution >= 4 is 5.91 Å². The number of hydrogen-bond donors (Lipinski definition) is 1. The van der Waals surface area contributed by atoms with Gasteiger partial charge in [-0.25, -0.2) is 0 Å². The molecular formula is C21H21N3O3. The van der Waals surface area contributed by atoms with E-state index in [1.807, 2.05) is 48.5 Å². The molecule has 27 heavy (non-hydrogen) atoms. The van der Waals surface area contributed by atoms with Gasteiger partial charge in [-0.3, -0.25) is 4.79 Å². The van der Waals surface area contributed by atoms with E-state index in [4.69, 9.17) is 9.47 Å². The van der Waals surface area contributed by atoms with Crippen molar-refractivity contribution in [3.8, 4) is 22.8 Å². The molecule has 3 aromatic rings. The Kier molecular flexibility index (Phi) is 5.99. The average Bonchev–Trinajstić information content (AvgIpc) is 2.74. The quantitative estimate of drug-likeness (QED) is 0.698. The Hall–Kier alpha value is -3.41. The topological polar surface area (TPSA) is 73.3 Å². The van der Waals surface area contributed by atoms with E-state index < -0.39 is 0 Å². The SMILES string of the molecule is COc1ccc(CCNC(=O)c2ccc(-c3ccccc3)nn2)cc1OC. The molecule has 0 aliphatic rings. The van der Waals surface area contributed by atoms with Crippen molar-refractivity contribution in [1.82, 2.24) is 15.5 Å². The lowest BCUT2D eigenvalue weighted by Crippen LogP contribution is -2.26. The Morgan fingerprint density at radius 2 is 1.70 bits per heavy atom. The molecule has 0 aliphatic heterocycles. The van der Waals surface area contributed by atoms with Gasteiger partial charge in [-0.05, 0) is 36.2 Å². The summed E-state index contributed by atoms with van der Waals surface area (Å²) in [5.41, 5.74) is 3.03. The highest BCUT2D eigenvalue weighted by molar-refractivity contribution is 5.92. The van der Waals surface area contributed by atoms with E-state index in [1.54, 1.807) is 26.4 Å². The third-order valence-corrected chi connectivity index (χ3v) is 4.11. The molecule has 0 aliphatic carbocycles. The fourth-order valence-corrected chi connectivity index (χ4v) is 2.66. The van der Waals surface area contributed by atoms with Gasteiger partial charge in [0, 0.05) is 12.1 Å². The van der Waals surface area contributed by atoms with Crippen molar-refractivity contribution in [2.45, 2.75) is 6.42 Å². The van der Waals surface area contributed by atoms with Crippen LogP contribution in [0.15, 0.2) is 60.7 Å². The van der Waals surface area contributed by atoms with Gasteiger partial charge in [0.2, 0.25) is 0 Å². The number of nitrogens with zero attached hydrogens (tertiary/aromatic N) is 2. The summed E-state index contributed by atoms with van der Waals surface area (Å²) < 4.78 is 10.5. The Labute approximate surface area is 158 Å². The maximum absolute atomic E-state index is 12.2. The second-order valence-electron chi connectivity index (χ2n) is 5.87. The number of carbonyl (C=O) groups is 1. The highest BCUT2D eigenvalue weighted by Gasteiger charge is 2.09. The number of nitrogens with one attached hydrogen (secondary N) is 1. The highest BCUT2D eigenvalue weighted by Crippen LogP contribution is 2.27. The number of hydrogen-bond acceptors (Lipinski definition) is 5. The van der Waals surface area contributed by atoms with Crippen LogP contribution in [0.25, 0.3) is 11.3 Å². The van der Waals surface area contributed by atoms with Crippen molar-refractivity contribution in [3.05, 3.63) is 71.9 Å². The Morgan fingerprint density at radius 3 is 2.37 bits per heavy atom. The summed E-state index contributed by atoms with van der Waals surface area (Å²) in [5, 5.41) is 11.0. The molecule has 2 aromatic carbocycles. The van der Waals surface area contributed by atoms with E-state index in [0.29, 0.717) is 30.2 Å². The first kappa shape index (κ1) is 18.4. The number of amides is 1.